The number of likely N-dealkylation sites (tertiary alicyclic amines) is 1. The molecule has 0 saturated carbocycles. The number of benzene rings is 1. The van der Waals surface area contributed by atoms with Crippen LogP contribution in [0.25, 0.3) is 0 Å². The van der Waals surface area contributed by atoms with Crippen molar-refractivity contribution >= 4 is 25.6 Å². The second kappa shape index (κ2) is 6.77. The van der Waals surface area contributed by atoms with Crippen LogP contribution in [-0.4, -0.2) is 39.4 Å². The van der Waals surface area contributed by atoms with Gasteiger partial charge in [-0.15, -0.1) is 0 Å². The standard InChI is InChI=1S/C14H18ClNO4S/c1-20-10-11-7-12(9-13(8-11)21(15,18)19)14(17)16-5-3-2-4-6-16/h7-9H,2-6,10H2,1H3. The molecule has 1 aromatic carbocycles. The third kappa shape index (κ3) is 4.18. The van der Waals surface area contributed by atoms with Crippen molar-refractivity contribution in [1.29, 1.82) is 0 Å². The number of carbonyl (C=O) groups excluding carboxylic acids is 1. The largest absolute Gasteiger partial charge is 0.380 e. The van der Waals surface area contributed by atoms with Gasteiger partial charge in [0, 0.05) is 36.4 Å². The maximum atomic E-state index is 12.5. The minimum absolute atomic E-state index is 0.0703. The van der Waals surface area contributed by atoms with Crippen molar-refractivity contribution in [1.82, 2.24) is 4.90 Å². The fourth-order valence-corrected chi connectivity index (χ4v) is 3.28. The van der Waals surface area contributed by atoms with Gasteiger partial charge in [-0.25, -0.2) is 8.42 Å². The van der Waals surface area contributed by atoms with Crippen LogP contribution in [0.15, 0.2) is 23.1 Å². The van der Waals surface area contributed by atoms with Crippen molar-refractivity contribution in [3.05, 3.63) is 29.3 Å². The third-order valence-electron chi connectivity index (χ3n) is 3.45. The molecular formula is C14H18ClNO4S. The highest BCUT2D eigenvalue weighted by atomic mass is 35.7. The highest BCUT2D eigenvalue weighted by Gasteiger charge is 2.21. The van der Waals surface area contributed by atoms with Gasteiger partial charge in [-0.2, -0.15) is 0 Å². The summed E-state index contributed by atoms with van der Waals surface area (Å²) in [5.74, 6) is -0.158. The van der Waals surface area contributed by atoms with Crippen LogP contribution in [-0.2, 0) is 20.4 Å². The molecule has 1 heterocycles. The molecule has 1 aromatic rings. The van der Waals surface area contributed by atoms with Crippen LogP contribution in [0.3, 0.4) is 0 Å². The first-order valence-electron chi connectivity index (χ1n) is 6.78. The smallest absolute Gasteiger partial charge is 0.261 e. The maximum absolute atomic E-state index is 12.5. The molecule has 0 atom stereocenters. The molecule has 21 heavy (non-hydrogen) atoms. The van der Waals surface area contributed by atoms with Gasteiger partial charge in [0.05, 0.1) is 11.5 Å². The Hall–Kier alpha value is -1.11. The summed E-state index contributed by atoms with van der Waals surface area (Å²) in [7, 11) is 3.02. The van der Waals surface area contributed by atoms with Crippen molar-refractivity contribution in [2.24, 2.45) is 0 Å². The van der Waals surface area contributed by atoms with E-state index in [1.165, 1.54) is 19.2 Å². The summed E-state index contributed by atoms with van der Waals surface area (Å²) in [4.78, 5) is 14.2. The van der Waals surface area contributed by atoms with Crippen LogP contribution in [0.5, 0.6) is 0 Å². The first-order chi connectivity index (χ1) is 9.91. The normalized spacial score (nSPS) is 16.0. The summed E-state index contributed by atoms with van der Waals surface area (Å²) in [5, 5.41) is 0. The Morgan fingerprint density at radius 1 is 1.24 bits per heavy atom. The van der Waals surface area contributed by atoms with E-state index in [1.807, 2.05) is 0 Å². The van der Waals surface area contributed by atoms with E-state index in [0.717, 1.165) is 19.3 Å². The number of ether oxygens (including phenoxy) is 1. The number of methoxy groups -OCH3 is 1. The van der Waals surface area contributed by atoms with Crippen LogP contribution >= 0.6 is 10.7 Å². The van der Waals surface area contributed by atoms with E-state index in [2.05, 4.69) is 0 Å². The van der Waals surface area contributed by atoms with Crippen LogP contribution in [0, 0.1) is 0 Å². The summed E-state index contributed by atoms with van der Waals surface area (Å²) in [6.45, 7) is 1.63. The molecule has 1 aliphatic heterocycles. The zero-order valence-electron chi connectivity index (χ0n) is 11.8. The van der Waals surface area contributed by atoms with Gasteiger partial charge in [-0.3, -0.25) is 4.79 Å². The lowest BCUT2D eigenvalue weighted by Crippen LogP contribution is -2.35. The predicted octanol–water partition coefficient (Wildman–Crippen LogP) is 2.39. The predicted molar refractivity (Wildman–Crippen MR) is 79.9 cm³/mol. The van der Waals surface area contributed by atoms with Gasteiger partial charge in [-0.1, -0.05) is 0 Å². The molecule has 0 N–H and O–H groups in total. The summed E-state index contributed by atoms with van der Waals surface area (Å²) in [5.41, 5.74) is 0.949. The van der Waals surface area contributed by atoms with E-state index in [1.54, 1.807) is 11.0 Å². The minimum Gasteiger partial charge on any atom is -0.380 e. The van der Waals surface area contributed by atoms with Crippen LogP contribution in [0.1, 0.15) is 35.2 Å². The Labute approximate surface area is 129 Å². The van der Waals surface area contributed by atoms with Crippen LogP contribution < -0.4 is 0 Å². The summed E-state index contributed by atoms with van der Waals surface area (Å²) in [6.07, 6.45) is 3.07. The number of rotatable bonds is 4. The van der Waals surface area contributed by atoms with E-state index in [0.29, 0.717) is 24.2 Å². The van der Waals surface area contributed by atoms with Crippen molar-refractivity contribution in [3.8, 4) is 0 Å². The molecule has 7 heteroatoms. The van der Waals surface area contributed by atoms with E-state index in [-0.39, 0.29) is 17.4 Å². The lowest BCUT2D eigenvalue weighted by molar-refractivity contribution is 0.0723. The summed E-state index contributed by atoms with van der Waals surface area (Å²) >= 11 is 0. The van der Waals surface area contributed by atoms with Gasteiger partial charge >= 0.3 is 0 Å². The number of amides is 1. The lowest BCUT2D eigenvalue weighted by Gasteiger charge is -2.27. The zero-order chi connectivity index (χ0) is 15.5. The SMILES string of the molecule is COCc1cc(C(=O)N2CCCCC2)cc(S(=O)(=O)Cl)c1. The molecule has 116 valence electrons. The van der Waals surface area contributed by atoms with Crippen LogP contribution in [0.4, 0.5) is 0 Å². The number of piperidine rings is 1. The van der Waals surface area contributed by atoms with Gasteiger partial charge in [-0.05, 0) is 43.0 Å². The highest BCUT2D eigenvalue weighted by molar-refractivity contribution is 8.13. The first-order valence-corrected chi connectivity index (χ1v) is 9.09. The fraction of sp³-hybridized carbons (Fsp3) is 0.500. The average Bonchev–Trinajstić information content (AvgIpc) is 2.46. The Morgan fingerprint density at radius 2 is 1.90 bits per heavy atom. The average molecular weight is 332 g/mol. The van der Waals surface area contributed by atoms with Crippen molar-refractivity contribution in [2.75, 3.05) is 20.2 Å². The molecule has 1 aliphatic rings. The minimum atomic E-state index is -3.88. The maximum Gasteiger partial charge on any atom is 0.261 e. The second-order valence-electron chi connectivity index (χ2n) is 5.09. The molecule has 2 rings (SSSR count). The third-order valence-corrected chi connectivity index (χ3v) is 4.78. The van der Waals surface area contributed by atoms with Gasteiger partial charge in [0.1, 0.15) is 0 Å². The number of hydrogen-bond acceptors (Lipinski definition) is 4. The summed E-state index contributed by atoms with van der Waals surface area (Å²) < 4.78 is 28.1. The first kappa shape index (κ1) is 16.3. The molecule has 0 bridgehead atoms. The zero-order valence-corrected chi connectivity index (χ0v) is 13.4. The topological polar surface area (TPSA) is 63.7 Å². The molecule has 0 aromatic heterocycles. The van der Waals surface area contributed by atoms with E-state index < -0.39 is 9.05 Å². The van der Waals surface area contributed by atoms with Gasteiger partial charge < -0.3 is 9.64 Å². The molecular weight excluding hydrogens is 314 g/mol. The van der Waals surface area contributed by atoms with E-state index in [4.69, 9.17) is 15.4 Å². The number of halogens is 1. The van der Waals surface area contributed by atoms with Gasteiger partial charge in [0.25, 0.3) is 15.0 Å². The fourth-order valence-electron chi connectivity index (χ4n) is 2.45. The second-order valence-corrected chi connectivity index (χ2v) is 7.66. The quantitative estimate of drug-likeness (QED) is 0.795. The van der Waals surface area contributed by atoms with Gasteiger partial charge in [0.15, 0.2) is 0 Å². The molecule has 0 unspecified atom stereocenters. The number of nitrogens with zero attached hydrogens (tertiary/aromatic N) is 1. The van der Waals surface area contributed by atoms with Crippen molar-refractivity contribution in [3.63, 3.8) is 0 Å². The molecule has 0 radical (unpaired) electrons. The molecule has 1 fully saturated rings. The van der Waals surface area contributed by atoms with Crippen LogP contribution in [0.2, 0.25) is 0 Å². The Bertz CT molecular complexity index is 624. The Morgan fingerprint density at radius 3 is 2.48 bits per heavy atom. The number of hydrogen-bond donors (Lipinski definition) is 0. The van der Waals surface area contributed by atoms with Crippen molar-refractivity contribution < 1.29 is 17.9 Å². The molecule has 5 nitrogen and oxygen atoms in total. The summed E-state index contributed by atoms with van der Waals surface area (Å²) in [6, 6.07) is 4.42. The molecule has 0 aliphatic carbocycles. The van der Waals surface area contributed by atoms with Crippen molar-refractivity contribution in [2.45, 2.75) is 30.8 Å². The Kier molecular flexibility index (Phi) is 5.24. The molecule has 1 amide bonds. The monoisotopic (exact) mass is 331 g/mol. The number of carbonyl (C=O) groups is 1. The van der Waals surface area contributed by atoms with E-state index >= 15 is 0 Å². The lowest BCUT2D eigenvalue weighted by atomic mass is 10.1. The van der Waals surface area contributed by atoms with Gasteiger partial charge in [0.2, 0.25) is 0 Å². The molecule has 1 saturated heterocycles. The molecule has 0 spiro atoms. The Balaban J connectivity index is 2.37. The van der Waals surface area contributed by atoms with E-state index in [9.17, 15) is 13.2 Å². The highest BCUT2D eigenvalue weighted by Crippen LogP contribution is 2.22.